The largest absolute Gasteiger partial charge is 0.368 e. The minimum absolute atomic E-state index is 0.0352. The van der Waals surface area contributed by atoms with Gasteiger partial charge in [-0.05, 0) is 65.4 Å². The van der Waals surface area contributed by atoms with Crippen molar-refractivity contribution in [3.05, 3.63) is 105 Å². The van der Waals surface area contributed by atoms with Crippen LogP contribution < -0.4 is 4.90 Å². The second-order valence-corrected chi connectivity index (χ2v) is 10.1. The molecule has 0 unspecified atom stereocenters. The molecule has 36 heavy (non-hydrogen) atoms. The predicted molar refractivity (Wildman–Crippen MR) is 144 cm³/mol. The molecule has 2 fully saturated rings. The molecule has 3 aromatic rings. The fraction of sp³-hybridized carbons (Fsp3) is 0.179. The molecule has 2 aliphatic heterocycles. The van der Waals surface area contributed by atoms with E-state index in [4.69, 9.17) is 11.6 Å². The average Bonchev–Trinajstić information content (AvgIpc) is 3.16. The molecule has 2 heterocycles. The zero-order valence-electron chi connectivity index (χ0n) is 19.5. The van der Waals surface area contributed by atoms with Crippen molar-refractivity contribution in [1.29, 1.82) is 0 Å². The Kier molecular flexibility index (Phi) is 7.11. The van der Waals surface area contributed by atoms with Crippen molar-refractivity contribution in [2.45, 2.75) is 6.54 Å². The summed E-state index contributed by atoms with van der Waals surface area (Å²) in [5.74, 6) is -0.384. The van der Waals surface area contributed by atoms with Crippen LogP contribution in [0.5, 0.6) is 0 Å². The number of imide groups is 1. The number of nitrogens with zero attached hydrogens (tertiary/aromatic N) is 3. The van der Waals surface area contributed by atoms with Gasteiger partial charge in [-0.2, -0.15) is 0 Å². The van der Waals surface area contributed by atoms with Crippen LogP contribution in [0.15, 0.2) is 83.8 Å². The highest BCUT2D eigenvalue weighted by Gasteiger charge is 2.35. The summed E-state index contributed by atoms with van der Waals surface area (Å²) in [4.78, 5) is 44.3. The van der Waals surface area contributed by atoms with Gasteiger partial charge >= 0.3 is 0 Å². The third-order valence-corrected chi connectivity index (χ3v) is 7.37. The Hall–Kier alpha value is -3.55. The van der Waals surface area contributed by atoms with Gasteiger partial charge in [-0.25, -0.2) is 0 Å². The van der Waals surface area contributed by atoms with Crippen LogP contribution in [-0.2, 0) is 11.3 Å². The standard InChI is InChI=1S/C28H24ClN3O3S/c29-23-9-5-7-21(17-23)19-32-27(34)25(36-28(32)35)18-20-6-4-8-22(16-20)26(33)31-14-12-30(13-15-31)24-10-2-1-3-11-24/h1-11,16-18H,12-15,19H2. The van der Waals surface area contributed by atoms with Gasteiger partial charge in [-0.15, -0.1) is 0 Å². The van der Waals surface area contributed by atoms with E-state index in [1.807, 2.05) is 35.2 Å². The van der Waals surface area contributed by atoms with Crippen LogP contribution in [0.25, 0.3) is 6.08 Å². The van der Waals surface area contributed by atoms with Gasteiger partial charge in [0.05, 0.1) is 11.4 Å². The van der Waals surface area contributed by atoms with Gasteiger partial charge in [0.25, 0.3) is 17.1 Å². The van der Waals surface area contributed by atoms with Crippen molar-refractivity contribution >= 4 is 52.2 Å². The van der Waals surface area contributed by atoms with E-state index in [0.29, 0.717) is 34.1 Å². The molecule has 0 aliphatic carbocycles. The van der Waals surface area contributed by atoms with Crippen molar-refractivity contribution in [2.75, 3.05) is 31.1 Å². The quantitative estimate of drug-likeness (QED) is 0.416. The fourth-order valence-electron chi connectivity index (χ4n) is 4.36. The van der Waals surface area contributed by atoms with Crippen LogP contribution in [0, 0.1) is 0 Å². The predicted octanol–water partition coefficient (Wildman–Crippen LogP) is 5.54. The summed E-state index contributed by atoms with van der Waals surface area (Å²) >= 11 is 6.94. The number of thioether (sulfide) groups is 1. The molecule has 5 rings (SSSR count). The van der Waals surface area contributed by atoms with Crippen LogP contribution in [0.3, 0.4) is 0 Å². The Morgan fingerprint density at radius 2 is 1.64 bits per heavy atom. The smallest absolute Gasteiger partial charge is 0.293 e. The van der Waals surface area contributed by atoms with Gasteiger partial charge in [0.15, 0.2) is 0 Å². The maximum absolute atomic E-state index is 13.2. The van der Waals surface area contributed by atoms with Gasteiger partial charge in [0, 0.05) is 42.5 Å². The van der Waals surface area contributed by atoms with Gasteiger partial charge in [-0.1, -0.05) is 54.1 Å². The van der Waals surface area contributed by atoms with E-state index in [2.05, 4.69) is 17.0 Å². The van der Waals surface area contributed by atoms with E-state index in [0.717, 1.165) is 36.1 Å². The maximum Gasteiger partial charge on any atom is 0.293 e. The van der Waals surface area contributed by atoms with E-state index in [1.54, 1.807) is 42.5 Å². The molecular formula is C28H24ClN3O3S. The molecular weight excluding hydrogens is 494 g/mol. The molecule has 2 saturated heterocycles. The van der Waals surface area contributed by atoms with Crippen LogP contribution >= 0.6 is 23.4 Å². The second-order valence-electron chi connectivity index (χ2n) is 8.64. The summed E-state index contributed by atoms with van der Waals surface area (Å²) in [7, 11) is 0. The summed E-state index contributed by atoms with van der Waals surface area (Å²) in [5.41, 5.74) is 3.22. The maximum atomic E-state index is 13.2. The highest BCUT2D eigenvalue weighted by atomic mass is 35.5. The number of halogens is 1. The van der Waals surface area contributed by atoms with E-state index >= 15 is 0 Å². The minimum atomic E-state index is -0.348. The number of piperazine rings is 1. The SMILES string of the molecule is O=C(c1cccc(C=C2SC(=O)N(Cc3cccc(Cl)c3)C2=O)c1)N1CCN(c2ccccc2)CC1. The first-order valence-electron chi connectivity index (χ1n) is 11.7. The zero-order chi connectivity index (χ0) is 25.1. The van der Waals surface area contributed by atoms with Crippen molar-refractivity contribution in [3.8, 4) is 0 Å². The highest BCUT2D eigenvalue weighted by molar-refractivity contribution is 8.18. The third kappa shape index (κ3) is 5.32. The van der Waals surface area contributed by atoms with E-state index in [-0.39, 0.29) is 23.6 Å². The second kappa shape index (κ2) is 10.6. The molecule has 0 saturated carbocycles. The summed E-state index contributed by atoms with van der Waals surface area (Å²) in [6, 6.07) is 24.5. The molecule has 0 spiro atoms. The lowest BCUT2D eigenvalue weighted by Crippen LogP contribution is -2.48. The molecule has 0 N–H and O–H groups in total. The number of carbonyl (C=O) groups is 3. The Morgan fingerprint density at radius 1 is 0.889 bits per heavy atom. The molecule has 3 aromatic carbocycles. The lowest BCUT2D eigenvalue weighted by atomic mass is 10.1. The topological polar surface area (TPSA) is 60.9 Å². The Labute approximate surface area is 219 Å². The number of benzene rings is 3. The lowest BCUT2D eigenvalue weighted by molar-refractivity contribution is -0.123. The summed E-state index contributed by atoms with van der Waals surface area (Å²) in [6.07, 6.45) is 1.67. The van der Waals surface area contributed by atoms with Crippen molar-refractivity contribution in [2.24, 2.45) is 0 Å². The van der Waals surface area contributed by atoms with Crippen molar-refractivity contribution in [1.82, 2.24) is 9.80 Å². The first-order chi connectivity index (χ1) is 17.5. The molecule has 0 aromatic heterocycles. The summed E-state index contributed by atoms with van der Waals surface area (Å²) in [6.45, 7) is 2.99. The highest BCUT2D eigenvalue weighted by Crippen LogP contribution is 2.33. The summed E-state index contributed by atoms with van der Waals surface area (Å²) < 4.78 is 0. The Bertz CT molecular complexity index is 1340. The summed E-state index contributed by atoms with van der Waals surface area (Å²) in [5, 5.41) is 0.229. The number of rotatable bonds is 5. The monoisotopic (exact) mass is 517 g/mol. The lowest BCUT2D eigenvalue weighted by Gasteiger charge is -2.36. The zero-order valence-corrected chi connectivity index (χ0v) is 21.0. The molecule has 2 aliphatic rings. The van der Waals surface area contributed by atoms with E-state index in [1.165, 1.54) is 4.90 Å². The Morgan fingerprint density at radius 3 is 2.39 bits per heavy atom. The number of para-hydroxylation sites is 1. The number of hydrogen-bond donors (Lipinski definition) is 0. The van der Waals surface area contributed by atoms with Crippen molar-refractivity contribution < 1.29 is 14.4 Å². The first kappa shape index (κ1) is 24.2. The van der Waals surface area contributed by atoms with E-state index in [9.17, 15) is 14.4 Å². The number of anilines is 1. The van der Waals surface area contributed by atoms with E-state index < -0.39 is 0 Å². The van der Waals surface area contributed by atoms with Crippen LogP contribution in [0.2, 0.25) is 5.02 Å². The normalized spacial score (nSPS) is 17.2. The molecule has 8 heteroatoms. The van der Waals surface area contributed by atoms with Gasteiger partial charge < -0.3 is 9.80 Å². The minimum Gasteiger partial charge on any atom is -0.368 e. The number of carbonyl (C=O) groups excluding carboxylic acids is 3. The number of amides is 3. The van der Waals surface area contributed by atoms with Crippen molar-refractivity contribution in [3.63, 3.8) is 0 Å². The molecule has 6 nitrogen and oxygen atoms in total. The average molecular weight is 518 g/mol. The van der Waals surface area contributed by atoms with Crippen LogP contribution in [0.4, 0.5) is 10.5 Å². The van der Waals surface area contributed by atoms with Crippen LogP contribution in [-0.4, -0.2) is 53.0 Å². The molecule has 3 amide bonds. The van der Waals surface area contributed by atoms with Gasteiger partial charge in [0.2, 0.25) is 0 Å². The molecule has 0 bridgehead atoms. The van der Waals surface area contributed by atoms with Gasteiger partial charge in [0.1, 0.15) is 0 Å². The fourth-order valence-corrected chi connectivity index (χ4v) is 5.41. The molecule has 0 atom stereocenters. The third-order valence-electron chi connectivity index (χ3n) is 6.22. The molecule has 0 radical (unpaired) electrons. The molecule has 182 valence electrons. The van der Waals surface area contributed by atoms with Crippen LogP contribution in [0.1, 0.15) is 21.5 Å². The number of hydrogen-bond acceptors (Lipinski definition) is 5. The Balaban J connectivity index is 1.26. The van der Waals surface area contributed by atoms with Gasteiger partial charge in [-0.3, -0.25) is 19.3 Å². The first-order valence-corrected chi connectivity index (χ1v) is 12.9.